The first-order valence-electron chi connectivity index (χ1n) is 5.44. The van der Waals surface area contributed by atoms with Gasteiger partial charge in [0.2, 0.25) is 0 Å². The molecular formula is C10H22O3Si. The van der Waals surface area contributed by atoms with Gasteiger partial charge < -0.3 is 13.6 Å². The van der Waals surface area contributed by atoms with Crippen LogP contribution in [-0.4, -0.2) is 36.0 Å². The lowest BCUT2D eigenvalue weighted by Gasteiger charge is -2.29. The molecule has 3 nitrogen and oxygen atoms in total. The molecule has 1 saturated heterocycles. The highest BCUT2D eigenvalue weighted by Crippen LogP contribution is 2.24. The van der Waals surface area contributed by atoms with E-state index in [0.29, 0.717) is 0 Å². The van der Waals surface area contributed by atoms with Crippen molar-refractivity contribution in [2.24, 2.45) is 5.92 Å². The van der Waals surface area contributed by atoms with Gasteiger partial charge in [0.05, 0.1) is 13.2 Å². The lowest BCUT2D eigenvalue weighted by Crippen LogP contribution is -2.39. The van der Waals surface area contributed by atoms with Crippen molar-refractivity contribution in [2.45, 2.75) is 31.9 Å². The molecular weight excluding hydrogens is 196 g/mol. The van der Waals surface area contributed by atoms with Crippen LogP contribution in [0.2, 0.25) is 12.1 Å². The lowest BCUT2D eigenvalue weighted by atomic mass is 10.0. The summed E-state index contributed by atoms with van der Waals surface area (Å²) in [5.41, 5.74) is 0. The van der Waals surface area contributed by atoms with E-state index in [0.717, 1.165) is 31.2 Å². The van der Waals surface area contributed by atoms with Gasteiger partial charge in [0.1, 0.15) is 0 Å². The van der Waals surface area contributed by atoms with Gasteiger partial charge in [-0.15, -0.1) is 0 Å². The average molecular weight is 218 g/mol. The molecule has 1 heterocycles. The average Bonchev–Trinajstić information content (AvgIpc) is 2.17. The predicted octanol–water partition coefficient (Wildman–Crippen LogP) is 2.17. The van der Waals surface area contributed by atoms with Crippen LogP contribution in [0.25, 0.3) is 0 Å². The van der Waals surface area contributed by atoms with Crippen LogP contribution in [0.1, 0.15) is 19.8 Å². The van der Waals surface area contributed by atoms with Gasteiger partial charge in [0, 0.05) is 20.1 Å². The summed E-state index contributed by atoms with van der Waals surface area (Å²) < 4.78 is 16.3. The molecule has 0 N–H and O–H groups in total. The van der Waals surface area contributed by atoms with Crippen molar-refractivity contribution in [3.8, 4) is 0 Å². The van der Waals surface area contributed by atoms with Crippen molar-refractivity contribution in [2.75, 3.05) is 27.4 Å². The van der Waals surface area contributed by atoms with Gasteiger partial charge in [-0.05, 0) is 18.5 Å². The maximum Gasteiger partial charge on any atom is 0.337 e. The smallest absolute Gasteiger partial charge is 0.337 e. The second-order valence-electron chi connectivity index (χ2n) is 3.97. The van der Waals surface area contributed by atoms with Gasteiger partial charge in [-0.3, -0.25) is 0 Å². The Bertz CT molecular complexity index is 147. The van der Waals surface area contributed by atoms with Crippen LogP contribution in [0.15, 0.2) is 0 Å². The van der Waals surface area contributed by atoms with E-state index < -0.39 is 8.56 Å². The predicted molar refractivity (Wildman–Crippen MR) is 58.6 cm³/mol. The van der Waals surface area contributed by atoms with Crippen LogP contribution in [0.4, 0.5) is 0 Å². The molecule has 1 fully saturated rings. The van der Waals surface area contributed by atoms with Crippen molar-refractivity contribution in [3.05, 3.63) is 0 Å². The zero-order chi connectivity index (χ0) is 10.4. The fourth-order valence-corrected chi connectivity index (χ4v) is 4.11. The van der Waals surface area contributed by atoms with E-state index in [4.69, 9.17) is 13.6 Å². The molecule has 84 valence electrons. The fraction of sp³-hybridized carbons (Fsp3) is 1.00. The standard InChI is InChI=1S/C10H22O3Si/c1-4-14(11-2,12-3)7-5-6-10-8-13-9-10/h10H,4-9H2,1-3H3. The van der Waals surface area contributed by atoms with E-state index in [-0.39, 0.29) is 0 Å². The van der Waals surface area contributed by atoms with Crippen LogP contribution in [0.3, 0.4) is 0 Å². The van der Waals surface area contributed by atoms with E-state index in [9.17, 15) is 0 Å². The first kappa shape index (κ1) is 12.2. The maximum absolute atomic E-state index is 5.56. The molecule has 1 aliphatic heterocycles. The summed E-state index contributed by atoms with van der Waals surface area (Å²) in [5, 5.41) is 0. The third-order valence-electron chi connectivity index (χ3n) is 3.16. The Morgan fingerprint density at radius 3 is 2.29 bits per heavy atom. The zero-order valence-corrected chi connectivity index (χ0v) is 10.5. The van der Waals surface area contributed by atoms with Crippen molar-refractivity contribution >= 4 is 8.56 Å². The highest BCUT2D eigenvalue weighted by Gasteiger charge is 2.33. The Morgan fingerprint density at radius 1 is 1.29 bits per heavy atom. The third-order valence-corrected chi connectivity index (χ3v) is 6.84. The van der Waals surface area contributed by atoms with Gasteiger partial charge in [0.25, 0.3) is 0 Å². The van der Waals surface area contributed by atoms with Crippen molar-refractivity contribution in [1.82, 2.24) is 0 Å². The highest BCUT2D eigenvalue weighted by molar-refractivity contribution is 6.67. The molecule has 0 aromatic carbocycles. The first-order chi connectivity index (χ1) is 6.76. The highest BCUT2D eigenvalue weighted by atomic mass is 28.4. The lowest BCUT2D eigenvalue weighted by molar-refractivity contribution is -0.0359. The molecule has 0 radical (unpaired) electrons. The Morgan fingerprint density at radius 2 is 1.93 bits per heavy atom. The molecule has 0 unspecified atom stereocenters. The van der Waals surface area contributed by atoms with Crippen LogP contribution in [-0.2, 0) is 13.6 Å². The molecule has 0 aromatic heterocycles. The Balaban J connectivity index is 2.17. The Kier molecular flexibility index (Phi) is 5.09. The quantitative estimate of drug-likeness (QED) is 0.613. The zero-order valence-electron chi connectivity index (χ0n) is 9.54. The Labute approximate surface area is 88.0 Å². The summed E-state index contributed by atoms with van der Waals surface area (Å²) in [6.45, 7) is 4.08. The van der Waals surface area contributed by atoms with E-state index in [2.05, 4.69) is 6.92 Å². The molecule has 0 spiro atoms. The van der Waals surface area contributed by atoms with E-state index in [1.54, 1.807) is 14.2 Å². The second-order valence-corrected chi connectivity index (χ2v) is 7.81. The van der Waals surface area contributed by atoms with Gasteiger partial charge >= 0.3 is 8.56 Å². The number of hydrogen-bond acceptors (Lipinski definition) is 3. The molecule has 0 aromatic rings. The molecule has 0 bridgehead atoms. The number of ether oxygens (including phenoxy) is 1. The topological polar surface area (TPSA) is 27.7 Å². The van der Waals surface area contributed by atoms with Gasteiger partial charge in [0.15, 0.2) is 0 Å². The summed E-state index contributed by atoms with van der Waals surface area (Å²) in [4.78, 5) is 0. The molecule has 0 amide bonds. The van der Waals surface area contributed by atoms with Crippen molar-refractivity contribution < 1.29 is 13.6 Å². The molecule has 0 saturated carbocycles. The molecule has 14 heavy (non-hydrogen) atoms. The molecule has 0 aliphatic carbocycles. The Hall–Kier alpha value is 0.0969. The third kappa shape index (κ3) is 3.05. The second kappa shape index (κ2) is 5.85. The fourth-order valence-electron chi connectivity index (χ4n) is 1.86. The number of hydrogen-bond donors (Lipinski definition) is 0. The summed E-state index contributed by atoms with van der Waals surface area (Å²) in [5.74, 6) is 0.798. The van der Waals surface area contributed by atoms with Crippen molar-refractivity contribution in [1.29, 1.82) is 0 Å². The summed E-state index contributed by atoms with van der Waals surface area (Å²) >= 11 is 0. The first-order valence-corrected chi connectivity index (χ1v) is 7.67. The largest absolute Gasteiger partial charge is 0.398 e. The molecule has 0 atom stereocenters. The summed E-state index contributed by atoms with van der Waals surface area (Å²) in [7, 11) is 1.75. The molecule has 1 aliphatic rings. The SMILES string of the molecule is CC[Si](CCCC1COC1)(OC)OC. The molecule has 1 rings (SSSR count). The minimum atomic E-state index is -1.81. The van der Waals surface area contributed by atoms with Crippen LogP contribution < -0.4 is 0 Å². The van der Waals surface area contributed by atoms with Gasteiger partial charge in [-0.2, -0.15) is 0 Å². The minimum absolute atomic E-state index is 0.798. The number of rotatable bonds is 7. The maximum atomic E-state index is 5.56. The van der Waals surface area contributed by atoms with Crippen molar-refractivity contribution in [3.63, 3.8) is 0 Å². The minimum Gasteiger partial charge on any atom is -0.398 e. The van der Waals surface area contributed by atoms with Crippen LogP contribution in [0, 0.1) is 5.92 Å². The van der Waals surface area contributed by atoms with Crippen LogP contribution in [0.5, 0.6) is 0 Å². The molecule has 4 heteroatoms. The van der Waals surface area contributed by atoms with Crippen LogP contribution >= 0.6 is 0 Å². The van der Waals surface area contributed by atoms with E-state index in [1.165, 1.54) is 12.8 Å². The normalized spacial score (nSPS) is 18.2. The summed E-state index contributed by atoms with van der Waals surface area (Å²) in [6, 6.07) is 2.16. The monoisotopic (exact) mass is 218 g/mol. The van der Waals surface area contributed by atoms with Gasteiger partial charge in [-0.25, -0.2) is 0 Å². The van der Waals surface area contributed by atoms with E-state index >= 15 is 0 Å². The summed E-state index contributed by atoms with van der Waals surface area (Å²) in [6.07, 6.45) is 2.48. The van der Waals surface area contributed by atoms with E-state index in [1.807, 2.05) is 0 Å². The van der Waals surface area contributed by atoms with Gasteiger partial charge in [-0.1, -0.05) is 13.3 Å².